The van der Waals surface area contributed by atoms with E-state index in [2.05, 4.69) is 4.90 Å². The van der Waals surface area contributed by atoms with Crippen LogP contribution in [0.1, 0.15) is 30.7 Å². The fraction of sp³-hybridized carbons (Fsp3) is 0.500. The molecular weight excluding hydrogens is 408 g/mol. The number of halogens is 4. The maximum Gasteiger partial charge on any atom is 0.390 e. The highest BCUT2D eigenvalue weighted by Gasteiger charge is 2.49. The van der Waals surface area contributed by atoms with Crippen LogP contribution in [0, 0.1) is 5.82 Å². The van der Waals surface area contributed by atoms with Gasteiger partial charge in [-0.2, -0.15) is 13.2 Å². The number of hydrogen-bond acceptors (Lipinski definition) is 3. The number of aliphatic hydroxyl groups excluding tert-OH is 1. The van der Waals surface area contributed by atoms with Gasteiger partial charge in [0.15, 0.2) is 0 Å². The van der Waals surface area contributed by atoms with Gasteiger partial charge in [-0.1, -0.05) is 36.4 Å². The predicted octanol–water partition coefficient (Wildman–Crippen LogP) is 4.67. The van der Waals surface area contributed by atoms with Crippen LogP contribution in [0.4, 0.5) is 17.6 Å². The summed E-state index contributed by atoms with van der Waals surface area (Å²) in [4.78, 5) is 4.19. The second kappa shape index (κ2) is 9.27. The monoisotopic (exact) mass is 436 g/mol. The average molecular weight is 436 g/mol. The number of rotatable bonds is 5. The SMILES string of the molecule is OC[C@@H]1[C@H](c2ccc(-c3ccc(F)cc3)cc2)[C@H]2CN(CCC(F)(F)F)CCCCN12. The molecular formula is C24H28F4N2O. The van der Waals surface area contributed by atoms with Crippen molar-refractivity contribution in [1.82, 2.24) is 9.80 Å². The maximum atomic E-state index is 13.2. The zero-order valence-corrected chi connectivity index (χ0v) is 17.4. The molecule has 3 nitrogen and oxygen atoms in total. The van der Waals surface area contributed by atoms with E-state index in [4.69, 9.17) is 0 Å². The predicted molar refractivity (Wildman–Crippen MR) is 112 cm³/mol. The third-order valence-corrected chi connectivity index (χ3v) is 6.64. The maximum absolute atomic E-state index is 13.2. The lowest BCUT2D eigenvalue weighted by Crippen LogP contribution is -2.67. The second-order valence-corrected chi connectivity index (χ2v) is 8.58. The molecule has 31 heavy (non-hydrogen) atoms. The molecule has 2 saturated heterocycles. The van der Waals surface area contributed by atoms with Gasteiger partial charge in [0, 0.05) is 31.1 Å². The first-order valence-electron chi connectivity index (χ1n) is 10.9. The van der Waals surface area contributed by atoms with E-state index >= 15 is 0 Å². The Kier molecular flexibility index (Phi) is 6.65. The first-order valence-corrected chi connectivity index (χ1v) is 10.9. The van der Waals surface area contributed by atoms with Crippen molar-refractivity contribution in [2.75, 3.05) is 32.8 Å². The van der Waals surface area contributed by atoms with E-state index in [1.54, 1.807) is 12.1 Å². The Balaban J connectivity index is 1.51. The van der Waals surface area contributed by atoms with Crippen LogP contribution in [0.3, 0.4) is 0 Å². The molecule has 0 saturated carbocycles. The van der Waals surface area contributed by atoms with Crippen molar-refractivity contribution in [2.45, 2.75) is 43.4 Å². The highest BCUT2D eigenvalue weighted by molar-refractivity contribution is 5.63. The summed E-state index contributed by atoms with van der Waals surface area (Å²) in [6.07, 6.45) is -3.15. The Hall–Kier alpha value is -1.96. The molecule has 4 rings (SSSR count). The molecule has 2 aromatic rings. The molecule has 1 N–H and O–H groups in total. The van der Waals surface area contributed by atoms with E-state index in [0.29, 0.717) is 13.1 Å². The Morgan fingerprint density at radius 2 is 1.52 bits per heavy atom. The Morgan fingerprint density at radius 1 is 0.903 bits per heavy atom. The largest absolute Gasteiger partial charge is 0.395 e. The van der Waals surface area contributed by atoms with Crippen LogP contribution in [-0.4, -0.2) is 66.0 Å². The minimum Gasteiger partial charge on any atom is -0.395 e. The highest BCUT2D eigenvalue weighted by atomic mass is 19.4. The van der Waals surface area contributed by atoms with E-state index in [9.17, 15) is 22.7 Å². The van der Waals surface area contributed by atoms with Crippen molar-refractivity contribution in [3.63, 3.8) is 0 Å². The fourth-order valence-electron chi connectivity index (χ4n) is 5.04. The van der Waals surface area contributed by atoms with Gasteiger partial charge in [0.25, 0.3) is 0 Å². The number of alkyl halides is 3. The zero-order chi connectivity index (χ0) is 22.0. The summed E-state index contributed by atoms with van der Waals surface area (Å²) in [5.41, 5.74) is 2.98. The molecule has 0 unspecified atom stereocenters. The molecule has 7 heteroatoms. The van der Waals surface area contributed by atoms with Crippen molar-refractivity contribution in [3.05, 3.63) is 59.9 Å². The minimum atomic E-state index is -4.15. The molecule has 0 radical (unpaired) electrons. The second-order valence-electron chi connectivity index (χ2n) is 8.58. The van der Waals surface area contributed by atoms with Gasteiger partial charge in [-0.3, -0.25) is 4.90 Å². The Bertz CT molecular complexity index is 853. The lowest BCUT2D eigenvalue weighted by molar-refractivity contribution is -0.140. The van der Waals surface area contributed by atoms with Gasteiger partial charge in [0.05, 0.1) is 13.0 Å². The van der Waals surface area contributed by atoms with E-state index in [1.807, 2.05) is 29.2 Å². The molecule has 3 atom stereocenters. The first kappa shape index (κ1) is 22.2. The van der Waals surface area contributed by atoms with Crippen LogP contribution in [0.2, 0.25) is 0 Å². The molecule has 2 aliphatic heterocycles. The molecule has 0 aliphatic carbocycles. The molecule has 2 aromatic carbocycles. The normalized spacial score (nSPS) is 25.4. The summed E-state index contributed by atoms with van der Waals surface area (Å²) in [7, 11) is 0. The third kappa shape index (κ3) is 5.10. The zero-order valence-electron chi connectivity index (χ0n) is 17.4. The summed E-state index contributed by atoms with van der Waals surface area (Å²) in [6.45, 7) is 2.18. The number of nitrogens with zero attached hydrogens (tertiary/aromatic N) is 2. The van der Waals surface area contributed by atoms with Crippen LogP contribution in [0.15, 0.2) is 48.5 Å². The molecule has 2 aliphatic rings. The summed E-state index contributed by atoms with van der Waals surface area (Å²) in [5, 5.41) is 10.0. The smallest absolute Gasteiger partial charge is 0.390 e. The quantitative estimate of drug-likeness (QED) is 0.690. The van der Waals surface area contributed by atoms with Gasteiger partial charge in [0.2, 0.25) is 0 Å². The summed E-state index contributed by atoms with van der Waals surface area (Å²) >= 11 is 0. The number of fused-ring (bicyclic) bond motifs is 1. The average Bonchev–Trinajstić information content (AvgIpc) is 2.72. The molecule has 0 bridgehead atoms. The third-order valence-electron chi connectivity index (χ3n) is 6.64. The van der Waals surface area contributed by atoms with Gasteiger partial charge < -0.3 is 10.0 Å². The summed E-state index contributed by atoms with van der Waals surface area (Å²) in [6, 6.07) is 14.5. The molecule has 0 amide bonds. The van der Waals surface area contributed by atoms with E-state index in [0.717, 1.165) is 36.1 Å². The van der Waals surface area contributed by atoms with Gasteiger partial charge in [-0.15, -0.1) is 0 Å². The lowest BCUT2D eigenvalue weighted by Gasteiger charge is -2.57. The van der Waals surface area contributed by atoms with Gasteiger partial charge >= 0.3 is 6.18 Å². The van der Waals surface area contributed by atoms with Crippen LogP contribution in [-0.2, 0) is 0 Å². The Morgan fingerprint density at radius 3 is 2.13 bits per heavy atom. The highest BCUT2D eigenvalue weighted by Crippen LogP contribution is 2.42. The van der Waals surface area contributed by atoms with E-state index in [1.165, 1.54) is 12.1 Å². The standard InChI is InChI=1S/C24H28F4N2O/c25-20-9-7-18(8-10-20)17-3-5-19(6-4-17)23-21-15-29(14-11-24(26,27)28)12-1-2-13-30(21)22(23)16-31/h3-10,21-23,31H,1-2,11-16H2/t21-,22-,23-/m1/s1. The number of hydrogen-bond donors (Lipinski definition) is 1. The summed E-state index contributed by atoms with van der Waals surface area (Å²) in [5.74, 6) is -0.196. The van der Waals surface area contributed by atoms with E-state index in [-0.39, 0.29) is 37.0 Å². The van der Waals surface area contributed by atoms with Crippen LogP contribution in [0.25, 0.3) is 11.1 Å². The van der Waals surface area contributed by atoms with E-state index < -0.39 is 12.6 Å². The van der Waals surface area contributed by atoms with Gasteiger partial charge in [-0.05, 0) is 54.8 Å². The molecule has 0 aromatic heterocycles. The van der Waals surface area contributed by atoms with Crippen molar-refractivity contribution in [3.8, 4) is 11.1 Å². The first-order chi connectivity index (χ1) is 14.9. The Labute approximate surface area is 180 Å². The molecule has 2 fully saturated rings. The molecule has 168 valence electrons. The topological polar surface area (TPSA) is 26.7 Å². The number of aliphatic hydroxyl groups is 1. The van der Waals surface area contributed by atoms with Crippen molar-refractivity contribution in [2.24, 2.45) is 0 Å². The van der Waals surface area contributed by atoms with Crippen LogP contribution >= 0.6 is 0 Å². The fourth-order valence-corrected chi connectivity index (χ4v) is 5.04. The van der Waals surface area contributed by atoms with Crippen LogP contribution < -0.4 is 0 Å². The lowest BCUT2D eigenvalue weighted by atomic mass is 9.74. The van der Waals surface area contributed by atoms with Gasteiger partial charge in [0.1, 0.15) is 5.82 Å². The molecule has 0 spiro atoms. The van der Waals surface area contributed by atoms with Gasteiger partial charge in [-0.25, -0.2) is 4.39 Å². The summed E-state index contributed by atoms with van der Waals surface area (Å²) < 4.78 is 51.4. The minimum absolute atomic E-state index is 0.00997. The van der Waals surface area contributed by atoms with Crippen LogP contribution in [0.5, 0.6) is 0 Å². The molecule has 2 heterocycles. The number of benzene rings is 2. The van der Waals surface area contributed by atoms with Crippen molar-refractivity contribution >= 4 is 0 Å². The van der Waals surface area contributed by atoms with Crippen molar-refractivity contribution in [1.29, 1.82) is 0 Å². The van der Waals surface area contributed by atoms with Crippen molar-refractivity contribution < 1.29 is 22.7 Å².